The van der Waals surface area contributed by atoms with Gasteiger partial charge >= 0.3 is 11.9 Å². The summed E-state index contributed by atoms with van der Waals surface area (Å²) in [7, 11) is -8.53. The van der Waals surface area contributed by atoms with E-state index in [4.69, 9.17) is 16.7 Å². The van der Waals surface area contributed by atoms with Crippen molar-refractivity contribution >= 4 is 61.1 Å². The molecule has 19 heteroatoms. The summed E-state index contributed by atoms with van der Waals surface area (Å²) in [6.07, 6.45) is 2.62. The number of likely N-dealkylation sites (tertiary alicyclic amines) is 1. The molecule has 1 saturated carbocycles. The molecule has 2 heterocycles. The molecule has 1 aromatic rings. The Morgan fingerprint density at radius 1 is 1.18 bits per heavy atom. The number of benzene rings is 1. The normalized spacial score (nSPS) is 25.3. The average molecular weight is 693 g/mol. The smallest absolute Gasteiger partial charge is 0.326 e. The Morgan fingerprint density at radius 3 is 2.51 bits per heavy atom. The molecular weight excluding hydrogens is 656 g/mol. The van der Waals surface area contributed by atoms with Crippen LogP contribution < -0.4 is 25.8 Å². The van der Waals surface area contributed by atoms with Gasteiger partial charge in [0.05, 0.1) is 29.3 Å². The van der Waals surface area contributed by atoms with E-state index in [1.807, 2.05) is 0 Å². The van der Waals surface area contributed by atoms with E-state index in [-0.39, 0.29) is 48.5 Å². The quantitative estimate of drug-likeness (QED) is 0.143. The molecule has 8 N–H and O–H groups in total. The number of halogens is 1. The van der Waals surface area contributed by atoms with Crippen molar-refractivity contribution in [3.63, 3.8) is 0 Å². The highest BCUT2D eigenvalue weighted by Crippen LogP contribution is 2.40. The first-order chi connectivity index (χ1) is 21.0. The molecule has 0 bridgehead atoms. The van der Waals surface area contributed by atoms with Crippen molar-refractivity contribution in [1.29, 1.82) is 0 Å². The van der Waals surface area contributed by atoms with Crippen molar-refractivity contribution in [2.75, 3.05) is 11.9 Å². The van der Waals surface area contributed by atoms with Gasteiger partial charge in [-0.05, 0) is 57.1 Å². The molecule has 1 saturated heterocycles. The van der Waals surface area contributed by atoms with Gasteiger partial charge in [0.25, 0.3) is 0 Å². The number of hydrogen-bond acceptors (Lipinski definition) is 10. The number of amides is 2. The summed E-state index contributed by atoms with van der Waals surface area (Å²) >= 11 is 5.97. The lowest BCUT2D eigenvalue weighted by molar-refractivity contribution is -0.151. The van der Waals surface area contributed by atoms with Crippen LogP contribution in [-0.2, 0) is 39.2 Å². The summed E-state index contributed by atoms with van der Waals surface area (Å²) in [6.45, 7) is 1.55. The van der Waals surface area contributed by atoms with E-state index in [1.165, 1.54) is 11.8 Å². The number of nitrogens with zero attached hydrogens (tertiary/aromatic N) is 1. The van der Waals surface area contributed by atoms with Crippen LogP contribution in [0.25, 0.3) is 0 Å². The highest BCUT2D eigenvalue weighted by Gasteiger charge is 2.48. The van der Waals surface area contributed by atoms with Crippen LogP contribution in [0.15, 0.2) is 21.9 Å². The second kappa shape index (κ2) is 13.8. The number of carboxylic acid groups (broad SMARTS) is 2. The number of sulfonamides is 2. The monoisotopic (exact) mass is 692 g/mol. The third kappa shape index (κ3) is 8.04. The van der Waals surface area contributed by atoms with E-state index in [2.05, 4.69) is 20.7 Å². The zero-order valence-electron chi connectivity index (χ0n) is 24.4. The fraction of sp³-hybridized carbons (Fsp3) is 0.615. The first kappa shape index (κ1) is 34.8. The predicted molar refractivity (Wildman–Crippen MR) is 160 cm³/mol. The van der Waals surface area contributed by atoms with Gasteiger partial charge in [-0.2, -0.15) is 4.72 Å². The van der Waals surface area contributed by atoms with E-state index in [0.29, 0.717) is 12.8 Å². The van der Waals surface area contributed by atoms with Crippen molar-refractivity contribution in [1.82, 2.24) is 20.3 Å². The largest absolute Gasteiger partial charge is 0.480 e. The Morgan fingerprint density at radius 2 is 1.87 bits per heavy atom. The standard InChI is InChI=1S/C26H37ClN6O10S2/c1-13(24(35)33-18-7-3-2-5-14(18)9-19(33)26(38)39)30-16(25(36)37)6-4-8-29-23(34)12-22-31-17-10-15(27)20(44(28,40)41)11-21(17)45(42,43)32-22/h10-11,13-14,16,18-19,22,30-32H,2-9,12H2,1H3,(H,29,34)(H,36,37)(H,38,39)(H2,28,40,41)/t13?,14-,16+,18-,19+,22+/m1/s1. The number of rotatable bonds is 12. The zero-order valence-corrected chi connectivity index (χ0v) is 26.8. The maximum atomic E-state index is 13.3. The van der Waals surface area contributed by atoms with Crippen LogP contribution in [0.3, 0.4) is 0 Å². The summed E-state index contributed by atoms with van der Waals surface area (Å²) in [4.78, 5) is 50.2. The molecule has 45 heavy (non-hydrogen) atoms. The third-order valence-corrected chi connectivity index (χ3v) is 11.3. The molecule has 4 rings (SSSR count). The molecule has 1 aromatic carbocycles. The van der Waals surface area contributed by atoms with Crippen molar-refractivity contribution in [3.8, 4) is 0 Å². The molecule has 6 atom stereocenters. The summed E-state index contributed by atoms with van der Waals surface area (Å²) in [5.74, 6) is -3.19. The van der Waals surface area contributed by atoms with E-state index in [9.17, 15) is 46.2 Å². The average Bonchev–Trinajstić information content (AvgIpc) is 3.32. The summed E-state index contributed by atoms with van der Waals surface area (Å²) in [5.41, 5.74) is -0.0226. The minimum atomic E-state index is -4.30. The van der Waals surface area contributed by atoms with Crippen LogP contribution in [0.5, 0.6) is 0 Å². The molecule has 0 aromatic heterocycles. The number of carboxylic acids is 2. The number of fused-ring (bicyclic) bond motifs is 2. The molecule has 16 nitrogen and oxygen atoms in total. The van der Waals surface area contributed by atoms with Crippen LogP contribution in [0, 0.1) is 5.92 Å². The third-order valence-electron chi connectivity index (χ3n) is 8.39. The first-order valence-electron chi connectivity index (χ1n) is 14.5. The summed E-state index contributed by atoms with van der Waals surface area (Å²) in [6, 6.07) is -1.31. The SMILES string of the molecule is CC(N[C@@H](CCCNC(=O)C[C@H]1Nc2cc(Cl)c(S(N)(=O)=O)cc2S(=O)(=O)N1)C(=O)O)C(=O)N1[C@@H]2CCCC[C@@H]2C[C@H]1C(=O)O. The van der Waals surface area contributed by atoms with E-state index >= 15 is 0 Å². The Labute approximate surface area is 265 Å². The topological polar surface area (TPSA) is 254 Å². The lowest BCUT2D eigenvalue weighted by Crippen LogP contribution is -2.55. The predicted octanol–water partition coefficient (Wildman–Crippen LogP) is -0.0206. The van der Waals surface area contributed by atoms with Crippen molar-refractivity contribution < 1.29 is 46.2 Å². The Hall–Kier alpha value is -3.03. The number of primary sulfonamides is 1. The first-order valence-corrected chi connectivity index (χ1v) is 17.9. The molecule has 2 amide bonds. The van der Waals surface area contributed by atoms with Gasteiger partial charge in [-0.1, -0.05) is 24.4 Å². The fourth-order valence-corrected chi connectivity index (χ4v) is 8.81. The maximum absolute atomic E-state index is 13.3. The van der Waals surface area contributed by atoms with Crippen molar-refractivity contribution in [2.45, 2.75) is 98.4 Å². The van der Waals surface area contributed by atoms with Crippen molar-refractivity contribution in [3.05, 3.63) is 17.2 Å². The van der Waals surface area contributed by atoms with Gasteiger partial charge in [0.2, 0.25) is 31.9 Å². The lowest BCUT2D eigenvalue weighted by atomic mass is 9.84. The lowest BCUT2D eigenvalue weighted by Gasteiger charge is -2.35. The highest BCUT2D eigenvalue weighted by atomic mass is 35.5. The number of anilines is 1. The van der Waals surface area contributed by atoms with Gasteiger partial charge in [-0.15, -0.1) is 0 Å². The van der Waals surface area contributed by atoms with E-state index < -0.39 is 77.9 Å². The molecule has 0 spiro atoms. The van der Waals surface area contributed by atoms with Crippen LogP contribution in [0.1, 0.15) is 58.3 Å². The molecule has 3 aliphatic rings. The number of nitrogens with one attached hydrogen (secondary N) is 4. The van der Waals surface area contributed by atoms with Gasteiger partial charge in [0.15, 0.2) is 0 Å². The van der Waals surface area contributed by atoms with Gasteiger partial charge in [0, 0.05) is 12.6 Å². The van der Waals surface area contributed by atoms with Gasteiger partial charge in [0.1, 0.15) is 21.9 Å². The van der Waals surface area contributed by atoms with Gasteiger partial charge in [-0.3, -0.25) is 19.7 Å². The Bertz CT molecular complexity index is 1570. The summed E-state index contributed by atoms with van der Waals surface area (Å²) in [5, 5.41) is 32.4. The van der Waals surface area contributed by atoms with Gasteiger partial charge in [-0.25, -0.2) is 26.8 Å². The fourth-order valence-electron chi connectivity index (χ4n) is 6.31. The number of hydrogen-bond donors (Lipinski definition) is 7. The Kier molecular flexibility index (Phi) is 10.7. The minimum absolute atomic E-state index is 0.0226. The van der Waals surface area contributed by atoms with Crippen LogP contribution in [0.4, 0.5) is 5.69 Å². The number of carbonyl (C=O) groups excluding carboxylic acids is 2. The second-order valence-electron chi connectivity index (χ2n) is 11.6. The number of aliphatic carboxylic acids is 2. The Balaban J connectivity index is 1.28. The zero-order chi connectivity index (χ0) is 33.3. The maximum Gasteiger partial charge on any atom is 0.326 e. The van der Waals surface area contributed by atoms with E-state index in [0.717, 1.165) is 31.4 Å². The molecule has 250 valence electrons. The highest BCUT2D eigenvalue weighted by molar-refractivity contribution is 7.90. The molecule has 2 aliphatic heterocycles. The van der Waals surface area contributed by atoms with Crippen LogP contribution in [0.2, 0.25) is 5.02 Å². The van der Waals surface area contributed by atoms with Crippen LogP contribution >= 0.6 is 11.6 Å². The van der Waals surface area contributed by atoms with Crippen molar-refractivity contribution in [2.24, 2.45) is 11.1 Å². The second-order valence-corrected chi connectivity index (χ2v) is 15.2. The number of carbonyl (C=O) groups is 4. The molecule has 2 fully saturated rings. The molecule has 1 aliphatic carbocycles. The molecule has 0 radical (unpaired) electrons. The molecular formula is C26H37ClN6O10S2. The minimum Gasteiger partial charge on any atom is -0.480 e. The number of nitrogens with two attached hydrogens (primary N) is 1. The molecule has 1 unspecified atom stereocenters. The van der Waals surface area contributed by atoms with Gasteiger partial charge < -0.3 is 25.7 Å². The van der Waals surface area contributed by atoms with E-state index in [1.54, 1.807) is 0 Å². The summed E-state index contributed by atoms with van der Waals surface area (Å²) < 4.78 is 51.1. The van der Waals surface area contributed by atoms with Crippen LogP contribution in [-0.4, -0.2) is 92.6 Å².